The lowest BCUT2D eigenvalue weighted by molar-refractivity contribution is -0.317. The predicted molar refractivity (Wildman–Crippen MR) is 283 cm³/mol. The van der Waals surface area contributed by atoms with Crippen molar-refractivity contribution in [2.75, 3.05) is 46.7 Å². The molecule has 2 aromatic rings. The second-order valence-corrected chi connectivity index (χ2v) is 23.6. The van der Waals surface area contributed by atoms with Gasteiger partial charge in [-0.15, -0.1) is 11.8 Å². The number of aliphatic hydroxyl groups is 4. The van der Waals surface area contributed by atoms with E-state index in [2.05, 4.69) is 10.5 Å². The van der Waals surface area contributed by atoms with Crippen molar-refractivity contribution in [3.63, 3.8) is 0 Å². The third kappa shape index (κ3) is 13.8. The summed E-state index contributed by atoms with van der Waals surface area (Å²) in [6.07, 6.45) is -9.24. The quantitative estimate of drug-likeness (QED) is 0.0408. The van der Waals surface area contributed by atoms with E-state index in [0.29, 0.717) is 37.1 Å². The number of nitrogens with one attached hydrogen (secondary N) is 1. The van der Waals surface area contributed by atoms with E-state index in [1.165, 1.54) is 38.9 Å². The maximum atomic E-state index is 14.5. The molecule has 77 heavy (non-hydrogen) atoms. The second kappa shape index (κ2) is 25.6. The summed E-state index contributed by atoms with van der Waals surface area (Å²) in [5.74, 6) is -5.34. The number of amides is 1. The van der Waals surface area contributed by atoms with Crippen molar-refractivity contribution in [3.05, 3.63) is 39.7 Å². The molecule has 3 saturated heterocycles. The normalized spacial score (nSPS) is 37.9. The van der Waals surface area contributed by atoms with Gasteiger partial charge in [0.2, 0.25) is 5.43 Å². The molecule has 1 aromatic heterocycles. The minimum atomic E-state index is -2.04. The van der Waals surface area contributed by atoms with Gasteiger partial charge < -0.3 is 83.4 Å². The lowest BCUT2D eigenvalue weighted by atomic mass is 9.73. The van der Waals surface area contributed by atoms with Crippen molar-refractivity contribution in [3.8, 4) is 0 Å². The van der Waals surface area contributed by atoms with Gasteiger partial charge in [0.25, 0.3) is 0 Å². The summed E-state index contributed by atoms with van der Waals surface area (Å²) < 4.78 is 51.9. The zero-order chi connectivity index (χ0) is 57.1. The molecule has 0 bridgehead atoms. The van der Waals surface area contributed by atoms with Crippen LogP contribution in [0.1, 0.15) is 111 Å². The number of carboxylic acids is 1. The van der Waals surface area contributed by atoms with E-state index in [9.17, 15) is 49.9 Å². The summed E-state index contributed by atoms with van der Waals surface area (Å²) in [4.78, 5) is 55.2. The Hall–Kier alpha value is -3.98. The number of cyclic esters (lactones) is 1. The van der Waals surface area contributed by atoms with Crippen molar-refractivity contribution in [2.45, 2.75) is 197 Å². The average Bonchev–Trinajstić information content (AvgIpc) is 3.78. The number of carbonyl (C=O) groups is 3. The number of methoxy groups -OCH3 is 1. The number of aromatic carboxylic acids is 1. The van der Waals surface area contributed by atoms with E-state index in [1.54, 1.807) is 54.5 Å². The topological polar surface area (TPSA) is 296 Å². The third-order valence-electron chi connectivity index (χ3n) is 16.3. The highest BCUT2D eigenvalue weighted by molar-refractivity contribution is 7.99. The van der Waals surface area contributed by atoms with Crippen LogP contribution in [-0.2, 0) is 55.7 Å². The summed E-state index contributed by atoms with van der Waals surface area (Å²) in [5.41, 5.74) is -4.06. The Kier molecular flexibility index (Phi) is 20.7. The SMILES string of the molecule is CC[C@H]1OC(=O)[C@H](C)[C@@H](O[C@H]2C[C@@](C)(OC)[C@@H](OC(=O)NCCOCCSc3cc4c5c(c3)c(=O)c(C(=O)O)cn5CC4)[C@H](C)O2)[C@H](C)[C@@H](OC2O[C@H](C)C[C@H](N(C)C)[C@H]2O)[C@](C)(O)C[C@@H](C)/C(=N\O)[C@H](C)[C@@H](O)[C@]1(C)O. The first-order valence-corrected chi connectivity index (χ1v) is 27.7. The van der Waals surface area contributed by atoms with Gasteiger partial charge in [0.15, 0.2) is 18.7 Å². The molecule has 1 aromatic carbocycles. The van der Waals surface area contributed by atoms with Crippen molar-refractivity contribution in [1.82, 2.24) is 14.8 Å². The van der Waals surface area contributed by atoms with E-state index in [4.69, 9.17) is 37.9 Å². The number of hydrogen-bond acceptors (Lipinski definition) is 20. The van der Waals surface area contributed by atoms with Crippen LogP contribution < -0.4 is 10.7 Å². The zero-order valence-electron chi connectivity index (χ0n) is 46.8. The third-order valence-corrected chi connectivity index (χ3v) is 17.2. The first-order chi connectivity index (χ1) is 36.1. The van der Waals surface area contributed by atoms with E-state index in [0.717, 1.165) is 16.0 Å². The van der Waals surface area contributed by atoms with Gasteiger partial charge in [-0.3, -0.25) is 9.59 Å². The van der Waals surface area contributed by atoms with Gasteiger partial charge in [-0.1, -0.05) is 32.9 Å². The number of alkyl carbamates (subject to hydrolysis) is 1. The molecule has 7 N–H and O–H groups in total. The molecular formula is C54H84N4O18S. The monoisotopic (exact) mass is 1110 g/mol. The van der Waals surface area contributed by atoms with Gasteiger partial charge in [-0.2, -0.15) is 0 Å². The number of thioether (sulfide) groups is 1. The number of hydrogen-bond donors (Lipinski definition) is 7. The standard InChI is InChI=1S/C54H84N4O18S/c1-14-38-54(10,67)45(61)29(4)40(56-68)27(2)24-52(8,66)46(75-50-43(60)37(57(11)12)21-28(3)71-50)30(5)44(31(6)49(64)73-38)74-39-25-53(9,69-13)47(32(7)72-39)76-51(65)55-16-18-70-19-20-77-34-22-33-15-17-58-26-36(48(62)63)42(59)35(23-34)41(33)58/h22-23,26-32,37-39,43-47,50,60-61,66-68H,14-21,24-25H2,1-13H3,(H,55,65)(H,62,63)/b56-40+/t27-,28-,29+,30+,31-,32+,37+,38-,39+,43-,44+,45-,46-,47+,50?,52-,53-,54-/m1/s1. The second-order valence-electron chi connectivity index (χ2n) is 22.5. The van der Waals surface area contributed by atoms with Crippen LogP contribution in [0.4, 0.5) is 4.79 Å². The van der Waals surface area contributed by atoms with Crippen LogP contribution in [0.5, 0.6) is 0 Å². The number of aliphatic hydroxyl groups excluding tert-OH is 2. The molecule has 4 aliphatic heterocycles. The molecule has 0 saturated carbocycles. The number of carbonyl (C=O) groups excluding carboxylic acids is 2. The Bertz CT molecular complexity index is 2470. The molecule has 5 heterocycles. The van der Waals surface area contributed by atoms with Gasteiger partial charge in [0, 0.05) is 72.6 Å². The summed E-state index contributed by atoms with van der Waals surface area (Å²) in [6.45, 7) is 17.6. The van der Waals surface area contributed by atoms with Crippen LogP contribution in [0.3, 0.4) is 0 Å². The number of carboxylic acid groups (broad SMARTS) is 1. The minimum Gasteiger partial charge on any atom is -0.477 e. The molecule has 1 unspecified atom stereocenters. The van der Waals surface area contributed by atoms with Crippen LogP contribution in [0, 0.1) is 23.7 Å². The van der Waals surface area contributed by atoms with E-state index < -0.39 is 119 Å². The van der Waals surface area contributed by atoms with Crippen LogP contribution >= 0.6 is 11.8 Å². The lowest BCUT2D eigenvalue weighted by Crippen LogP contribution is -2.61. The Morgan fingerprint density at radius 3 is 2.31 bits per heavy atom. The number of ether oxygens (including phenoxy) is 8. The molecule has 1 amide bonds. The first-order valence-electron chi connectivity index (χ1n) is 26.7. The van der Waals surface area contributed by atoms with Crippen LogP contribution in [0.25, 0.3) is 10.9 Å². The molecule has 22 nitrogen and oxygen atoms in total. The molecule has 3 fully saturated rings. The van der Waals surface area contributed by atoms with Crippen LogP contribution in [-0.4, -0.2) is 195 Å². The summed E-state index contributed by atoms with van der Waals surface area (Å²) >= 11 is 1.47. The number of aryl methyl sites for hydroxylation is 2. The summed E-state index contributed by atoms with van der Waals surface area (Å²) in [6, 6.07) is 3.36. The molecule has 4 aliphatic rings. The zero-order valence-corrected chi connectivity index (χ0v) is 47.6. The fourth-order valence-electron chi connectivity index (χ4n) is 12.0. The van der Waals surface area contributed by atoms with Gasteiger partial charge in [-0.25, -0.2) is 9.59 Å². The smallest absolute Gasteiger partial charge is 0.407 e. The Morgan fingerprint density at radius 1 is 0.974 bits per heavy atom. The maximum absolute atomic E-state index is 14.5. The predicted octanol–water partition coefficient (Wildman–Crippen LogP) is 4.16. The number of benzene rings is 1. The highest BCUT2D eigenvalue weighted by atomic mass is 32.2. The molecule has 0 radical (unpaired) electrons. The van der Waals surface area contributed by atoms with Gasteiger partial charge in [0.1, 0.15) is 29.0 Å². The molecule has 18 atom stereocenters. The molecule has 23 heteroatoms. The number of rotatable bonds is 16. The Morgan fingerprint density at radius 2 is 1.68 bits per heavy atom. The van der Waals surface area contributed by atoms with Gasteiger partial charge in [0.05, 0.1) is 66.5 Å². The average molecular weight is 1110 g/mol. The highest BCUT2D eigenvalue weighted by Gasteiger charge is 2.54. The molecule has 0 spiro atoms. The van der Waals surface area contributed by atoms with Crippen molar-refractivity contribution >= 4 is 46.4 Å². The van der Waals surface area contributed by atoms with Crippen molar-refractivity contribution in [2.24, 2.45) is 28.8 Å². The Labute approximate surface area is 455 Å². The Balaban J connectivity index is 1.16. The number of likely N-dealkylation sites (N-methyl/N-ethyl adjacent to an activating group) is 1. The number of pyridine rings is 1. The fourth-order valence-corrected chi connectivity index (χ4v) is 12.8. The summed E-state index contributed by atoms with van der Waals surface area (Å²) in [5, 5.41) is 74.6. The number of oxime groups is 1. The number of aromatic nitrogens is 1. The first kappa shape index (κ1) is 62.2. The van der Waals surface area contributed by atoms with Gasteiger partial charge in [-0.05, 0) is 99.0 Å². The maximum Gasteiger partial charge on any atom is 0.407 e. The molecule has 434 valence electrons. The highest BCUT2D eigenvalue weighted by Crippen LogP contribution is 2.42. The van der Waals surface area contributed by atoms with E-state index in [1.807, 2.05) is 36.6 Å². The molecular weight excluding hydrogens is 1020 g/mol. The largest absolute Gasteiger partial charge is 0.477 e. The van der Waals surface area contributed by atoms with Crippen molar-refractivity contribution in [1.29, 1.82) is 0 Å². The minimum absolute atomic E-state index is 0.0226. The summed E-state index contributed by atoms with van der Waals surface area (Å²) in [7, 11) is 5.13. The number of nitrogens with zero attached hydrogens (tertiary/aromatic N) is 3. The fraction of sp³-hybridized carbons (Fsp3) is 0.759. The lowest BCUT2D eigenvalue weighted by Gasteiger charge is -2.49. The van der Waals surface area contributed by atoms with E-state index in [-0.39, 0.29) is 55.8 Å². The molecule has 0 aliphatic carbocycles. The van der Waals surface area contributed by atoms with E-state index >= 15 is 0 Å². The van der Waals surface area contributed by atoms with Crippen LogP contribution in [0.15, 0.2) is 33.2 Å². The number of esters is 1. The molecule has 6 rings (SSSR count). The van der Waals surface area contributed by atoms with Crippen LogP contribution in [0.2, 0.25) is 0 Å². The van der Waals surface area contributed by atoms with Gasteiger partial charge >= 0.3 is 18.0 Å². The van der Waals surface area contributed by atoms with Crippen molar-refractivity contribution < 1.29 is 83.0 Å².